The van der Waals surface area contributed by atoms with Crippen LogP contribution in [-0.4, -0.2) is 22.9 Å². The van der Waals surface area contributed by atoms with Gasteiger partial charge in [0, 0.05) is 6.61 Å². The van der Waals surface area contributed by atoms with E-state index < -0.39 is 0 Å². The van der Waals surface area contributed by atoms with Crippen molar-refractivity contribution in [3.8, 4) is 0 Å². The first kappa shape index (κ1) is 8.02. The van der Waals surface area contributed by atoms with Gasteiger partial charge in [0.05, 0.1) is 6.10 Å². The zero-order valence-electron chi connectivity index (χ0n) is 6.67. The molecule has 0 heterocycles. The SMILES string of the molecule is C[C@@H]1C[C@@](C)(CO)C[C@H]1O. The molecular formula is C8H16O2. The molecule has 10 heavy (non-hydrogen) atoms. The first-order valence-electron chi connectivity index (χ1n) is 3.86. The molecule has 0 aromatic carbocycles. The van der Waals surface area contributed by atoms with Crippen molar-refractivity contribution in [2.45, 2.75) is 32.8 Å². The van der Waals surface area contributed by atoms with Crippen molar-refractivity contribution in [3.63, 3.8) is 0 Å². The summed E-state index contributed by atoms with van der Waals surface area (Å²) in [5, 5.41) is 18.3. The Bertz CT molecular complexity index is 112. The van der Waals surface area contributed by atoms with Crippen molar-refractivity contribution in [1.29, 1.82) is 0 Å². The predicted octanol–water partition coefficient (Wildman–Crippen LogP) is 0.776. The normalized spacial score (nSPS) is 48.0. The van der Waals surface area contributed by atoms with Crippen molar-refractivity contribution in [2.24, 2.45) is 11.3 Å². The van der Waals surface area contributed by atoms with Crippen molar-refractivity contribution >= 4 is 0 Å². The Hall–Kier alpha value is -0.0800. The van der Waals surface area contributed by atoms with Gasteiger partial charge in [0.25, 0.3) is 0 Å². The Morgan fingerprint density at radius 2 is 2.10 bits per heavy atom. The Kier molecular flexibility index (Phi) is 2.02. The second-order valence-electron chi connectivity index (χ2n) is 3.92. The molecule has 0 amide bonds. The summed E-state index contributed by atoms with van der Waals surface area (Å²) in [5.74, 6) is 0.358. The molecule has 1 rings (SSSR count). The largest absolute Gasteiger partial charge is 0.396 e. The fraction of sp³-hybridized carbons (Fsp3) is 1.00. The maximum atomic E-state index is 9.35. The molecule has 2 N–H and O–H groups in total. The summed E-state index contributed by atoms with van der Waals surface area (Å²) in [7, 11) is 0. The van der Waals surface area contributed by atoms with Crippen LogP contribution in [0.15, 0.2) is 0 Å². The molecule has 2 heteroatoms. The van der Waals surface area contributed by atoms with E-state index in [4.69, 9.17) is 5.11 Å². The first-order valence-corrected chi connectivity index (χ1v) is 3.86. The summed E-state index contributed by atoms with van der Waals surface area (Å²) >= 11 is 0. The van der Waals surface area contributed by atoms with Gasteiger partial charge in [0.2, 0.25) is 0 Å². The molecule has 1 fully saturated rings. The average molecular weight is 144 g/mol. The highest BCUT2D eigenvalue weighted by Gasteiger charge is 2.38. The summed E-state index contributed by atoms with van der Waals surface area (Å²) in [4.78, 5) is 0. The smallest absolute Gasteiger partial charge is 0.0572 e. The van der Waals surface area contributed by atoms with Crippen molar-refractivity contribution in [3.05, 3.63) is 0 Å². The van der Waals surface area contributed by atoms with Gasteiger partial charge in [-0.05, 0) is 24.2 Å². The zero-order valence-corrected chi connectivity index (χ0v) is 6.67. The third-order valence-electron chi connectivity index (χ3n) is 2.56. The fourth-order valence-corrected chi connectivity index (χ4v) is 1.83. The van der Waals surface area contributed by atoms with Crippen LogP contribution in [0, 0.1) is 11.3 Å². The average Bonchev–Trinajstić information content (AvgIpc) is 2.10. The van der Waals surface area contributed by atoms with Gasteiger partial charge in [0.15, 0.2) is 0 Å². The van der Waals surface area contributed by atoms with Crippen LogP contribution >= 0.6 is 0 Å². The number of hydrogen-bond acceptors (Lipinski definition) is 2. The minimum Gasteiger partial charge on any atom is -0.396 e. The predicted molar refractivity (Wildman–Crippen MR) is 39.6 cm³/mol. The van der Waals surface area contributed by atoms with Gasteiger partial charge in [0.1, 0.15) is 0 Å². The van der Waals surface area contributed by atoms with Crippen LogP contribution in [0.1, 0.15) is 26.7 Å². The Morgan fingerprint density at radius 3 is 2.30 bits per heavy atom. The van der Waals surface area contributed by atoms with Crippen molar-refractivity contribution in [1.82, 2.24) is 0 Å². The third kappa shape index (κ3) is 1.32. The number of hydrogen-bond donors (Lipinski definition) is 2. The lowest BCUT2D eigenvalue weighted by molar-refractivity contribution is 0.111. The molecule has 0 saturated heterocycles. The molecule has 2 nitrogen and oxygen atoms in total. The van der Waals surface area contributed by atoms with E-state index in [1.54, 1.807) is 0 Å². The van der Waals surface area contributed by atoms with Crippen molar-refractivity contribution in [2.75, 3.05) is 6.61 Å². The van der Waals surface area contributed by atoms with Crippen LogP contribution in [0.5, 0.6) is 0 Å². The van der Waals surface area contributed by atoms with E-state index in [-0.39, 0.29) is 18.1 Å². The zero-order chi connectivity index (χ0) is 7.78. The summed E-state index contributed by atoms with van der Waals surface area (Å²) in [6.07, 6.45) is 1.51. The lowest BCUT2D eigenvalue weighted by atomic mass is 9.89. The number of rotatable bonds is 1. The van der Waals surface area contributed by atoms with Gasteiger partial charge in [-0.15, -0.1) is 0 Å². The van der Waals surface area contributed by atoms with Gasteiger partial charge >= 0.3 is 0 Å². The van der Waals surface area contributed by atoms with Gasteiger partial charge in [-0.1, -0.05) is 13.8 Å². The minimum atomic E-state index is -0.197. The van der Waals surface area contributed by atoms with Crippen LogP contribution in [0.25, 0.3) is 0 Å². The fourth-order valence-electron chi connectivity index (χ4n) is 1.83. The highest BCUT2D eigenvalue weighted by atomic mass is 16.3. The highest BCUT2D eigenvalue weighted by molar-refractivity contribution is 4.88. The molecule has 60 valence electrons. The van der Waals surface area contributed by atoms with E-state index in [1.165, 1.54) is 0 Å². The Labute approximate surface area is 61.9 Å². The molecule has 0 spiro atoms. The van der Waals surface area contributed by atoms with Gasteiger partial charge in [-0.25, -0.2) is 0 Å². The first-order chi connectivity index (χ1) is 4.57. The van der Waals surface area contributed by atoms with E-state index in [0.29, 0.717) is 5.92 Å². The monoisotopic (exact) mass is 144 g/mol. The second-order valence-corrected chi connectivity index (χ2v) is 3.92. The van der Waals surface area contributed by atoms with E-state index in [2.05, 4.69) is 0 Å². The highest BCUT2D eigenvalue weighted by Crippen LogP contribution is 2.40. The molecule has 0 aromatic rings. The quantitative estimate of drug-likeness (QED) is 0.571. The molecule has 0 bridgehead atoms. The van der Waals surface area contributed by atoms with E-state index >= 15 is 0 Å². The number of aliphatic hydroxyl groups is 2. The van der Waals surface area contributed by atoms with Gasteiger partial charge in [-0.3, -0.25) is 0 Å². The van der Waals surface area contributed by atoms with E-state index in [0.717, 1.165) is 12.8 Å². The Balaban J connectivity index is 2.55. The van der Waals surface area contributed by atoms with E-state index in [9.17, 15) is 5.11 Å². The maximum absolute atomic E-state index is 9.35. The van der Waals surface area contributed by atoms with E-state index in [1.807, 2.05) is 13.8 Å². The lowest BCUT2D eigenvalue weighted by Gasteiger charge is -2.19. The molecule has 1 saturated carbocycles. The molecule has 0 aromatic heterocycles. The van der Waals surface area contributed by atoms with Crippen LogP contribution in [0.4, 0.5) is 0 Å². The topological polar surface area (TPSA) is 40.5 Å². The molecular weight excluding hydrogens is 128 g/mol. The second kappa shape index (κ2) is 2.51. The molecule has 0 unspecified atom stereocenters. The van der Waals surface area contributed by atoms with Crippen LogP contribution in [0.3, 0.4) is 0 Å². The van der Waals surface area contributed by atoms with Crippen LogP contribution in [0.2, 0.25) is 0 Å². The summed E-state index contributed by atoms with van der Waals surface area (Å²) < 4.78 is 0. The molecule has 1 aliphatic rings. The van der Waals surface area contributed by atoms with Crippen LogP contribution < -0.4 is 0 Å². The number of aliphatic hydroxyl groups excluding tert-OH is 2. The summed E-state index contributed by atoms with van der Waals surface area (Å²) in [6, 6.07) is 0. The third-order valence-corrected chi connectivity index (χ3v) is 2.56. The molecule has 0 radical (unpaired) electrons. The van der Waals surface area contributed by atoms with Gasteiger partial charge < -0.3 is 10.2 Å². The minimum absolute atomic E-state index is 0.0150. The lowest BCUT2D eigenvalue weighted by Crippen LogP contribution is -2.17. The standard InChI is InChI=1S/C8H16O2/c1-6-3-8(2,5-9)4-7(6)10/h6-7,9-10H,3-5H2,1-2H3/t6-,7-,8-/m1/s1. The van der Waals surface area contributed by atoms with Gasteiger partial charge in [-0.2, -0.15) is 0 Å². The maximum Gasteiger partial charge on any atom is 0.0572 e. The van der Waals surface area contributed by atoms with Crippen molar-refractivity contribution < 1.29 is 10.2 Å². The summed E-state index contributed by atoms with van der Waals surface area (Å²) in [6.45, 7) is 4.26. The summed E-state index contributed by atoms with van der Waals surface area (Å²) in [5.41, 5.74) is -0.0150. The molecule has 0 aliphatic heterocycles. The molecule has 3 atom stereocenters. The van der Waals surface area contributed by atoms with Crippen LogP contribution in [-0.2, 0) is 0 Å². The Morgan fingerprint density at radius 1 is 1.50 bits per heavy atom. The molecule has 1 aliphatic carbocycles.